The third-order valence-electron chi connectivity index (χ3n) is 15.7. The molecule has 328 valence electrons. The smallest absolute Gasteiger partial charge is 0.344 e. The summed E-state index contributed by atoms with van der Waals surface area (Å²) < 4.78 is 54.5. The van der Waals surface area contributed by atoms with Gasteiger partial charge in [0.05, 0.1) is 27.4 Å². The highest BCUT2D eigenvalue weighted by Gasteiger charge is 2.80. The summed E-state index contributed by atoms with van der Waals surface area (Å²) in [7, 11) is 5.91. The number of hydrogen-bond acceptors (Lipinski definition) is 12. The van der Waals surface area contributed by atoms with Crippen molar-refractivity contribution in [2.75, 3.05) is 71.7 Å². The Morgan fingerprint density at radius 1 is 1.03 bits per heavy atom. The average Bonchev–Trinajstić information content (AvgIpc) is 3.89. The molecule has 6 unspecified atom stereocenters. The molecule has 3 aromatic rings. The number of alkyl halides is 2. The van der Waals surface area contributed by atoms with E-state index in [-0.39, 0.29) is 31.3 Å². The average molecular weight is 846 g/mol. The monoisotopic (exact) mass is 845 g/mol. The number of esters is 3. The molecule has 1 spiro atoms. The summed E-state index contributed by atoms with van der Waals surface area (Å²) >= 11 is 0. The van der Waals surface area contributed by atoms with Crippen molar-refractivity contribution < 1.29 is 47.2 Å². The van der Waals surface area contributed by atoms with Crippen LogP contribution in [0.3, 0.4) is 0 Å². The molecule has 2 bridgehead atoms. The Labute approximate surface area is 354 Å². The lowest BCUT2D eigenvalue weighted by atomic mass is 9.47. The fourth-order valence-electron chi connectivity index (χ4n) is 13.5. The van der Waals surface area contributed by atoms with E-state index in [9.17, 15) is 14.7 Å². The highest BCUT2D eigenvalue weighted by Crippen LogP contribution is 2.68. The number of hydrogen-bond donors (Lipinski definition) is 3. The van der Waals surface area contributed by atoms with E-state index in [1.54, 1.807) is 6.07 Å². The summed E-state index contributed by atoms with van der Waals surface area (Å²) in [4.78, 5) is 52.7. The lowest BCUT2D eigenvalue weighted by Crippen LogP contribution is -2.81. The maximum absolute atomic E-state index is 15.4. The van der Waals surface area contributed by atoms with E-state index in [1.807, 2.05) is 55.3 Å². The molecule has 0 radical (unpaired) electrons. The fourth-order valence-corrected chi connectivity index (χ4v) is 13.5. The molecule has 2 saturated heterocycles. The number of fused-ring (bicyclic) bond motifs is 6. The first-order chi connectivity index (χ1) is 29.0. The number of methoxy groups -OCH3 is 3. The number of ether oxygens (including phenoxy) is 4. The number of benzene rings is 2. The van der Waals surface area contributed by atoms with Gasteiger partial charge in [0.25, 0.3) is 0 Å². The van der Waals surface area contributed by atoms with Crippen LogP contribution in [0.25, 0.3) is 10.9 Å². The van der Waals surface area contributed by atoms with Crippen LogP contribution in [0.2, 0.25) is 0 Å². The van der Waals surface area contributed by atoms with E-state index in [4.69, 9.17) is 24.7 Å². The lowest BCUT2D eigenvalue weighted by molar-refractivity contribution is -0.228. The molecule has 1 saturated carbocycles. The predicted octanol–water partition coefficient (Wildman–Crippen LogP) is 4.70. The molecule has 0 amide bonds. The zero-order chi connectivity index (χ0) is 43.6. The number of likely N-dealkylation sites (N-methyl/N-ethyl adjacent to an activating group) is 1. The molecule has 6 heterocycles. The van der Waals surface area contributed by atoms with Gasteiger partial charge in [-0.2, -0.15) is 0 Å². The highest BCUT2D eigenvalue weighted by atomic mass is 19.3. The second-order valence-electron chi connectivity index (χ2n) is 18.6. The number of nitrogens with zero attached hydrogens (tertiary/aromatic N) is 3. The number of nitrogens with two attached hydrogens (primary N) is 1. The van der Waals surface area contributed by atoms with Gasteiger partial charge in [-0.25, -0.2) is 13.6 Å². The van der Waals surface area contributed by atoms with Gasteiger partial charge in [-0.1, -0.05) is 19.1 Å². The summed E-state index contributed by atoms with van der Waals surface area (Å²) in [5.41, 5.74) is 5.07. The first-order valence-electron chi connectivity index (χ1n) is 21.4. The predicted molar refractivity (Wildman–Crippen MR) is 224 cm³/mol. The van der Waals surface area contributed by atoms with Crippen molar-refractivity contribution >= 4 is 40.2 Å². The van der Waals surface area contributed by atoms with Crippen LogP contribution in [0.1, 0.15) is 68.8 Å². The minimum atomic E-state index is -2.95. The van der Waals surface area contributed by atoms with Gasteiger partial charge in [-0.05, 0) is 86.9 Å². The summed E-state index contributed by atoms with van der Waals surface area (Å²) in [6, 6.07) is 8.07. The minimum Gasteiger partial charge on any atom is -0.496 e. The van der Waals surface area contributed by atoms with Crippen molar-refractivity contribution in [1.82, 2.24) is 14.8 Å². The number of carbonyl (C=O) groups excluding carboxylic acids is 3. The van der Waals surface area contributed by atoms with Crippen LogP contribution < -0.4 is 15.4 Å². The first-order valence-corrected chi connectivity index (χ1v) is 21.4. The Hall–Kier alpha value is -4.73. The normalized spacial score (nSPS) is 35.2. The van der Waals surface area contributed by atoms with E-state index < -0.39 is 63.7 Å². The summed E-state index contributed by atoms with van der Waals surface area (Å²) in [5.74, 6) is -6.04. The van der Waals surface area contributed by atoms with E-state index in [2.05, 4.69) is 14.8 Å². The van der Waals surface area contributed by atoms with Gasteiger partial charge in [-0.15, -0.1) is 0 Å². The number of rotatable bonds is 7. The topological polar surface area (TPSA) is 160 Å². The number of halogens is 2. The zero-order valence-electron chi connectivity index (χ0n) is 36.0. The third-order valence-corrected chi connectivity index (χ3v) is 15.7. The largest absolute Gasteiger partial charge is 0.496 e. The van der Waals surface area contributed by atoms with Crippen molar-refractivity contribution in [2.45, 2.75) is 93.4 Å². The lowest BCUT2D eigenvalue weighted by Gasteiger charge is -2.63. The van der Waals surface area contributed by atoms with Crippen molar-refractivity contribution in [2.24, 2.45) is 17.3 Å². The SMILES string of the molecule is CC[C@@]12C=CCN3CCC4(c5cc([C@@]6(C(=O)OC)CC7CC(C(C)(F)F)CN(CCc8c6[nH]c6ccc(N)cc86)C7)c(OC)cc5N(C)C4[C@](O)(C(=O)OC)[C@H]1OC(C)=O)C32. The Balaban J connectivity index is 1.36. The molecule has 10 atom stereocenters. The van der Waals surface area contributed by atoms with Gasteiger partial charge >= 0.3 is 17.9 Å². The molecule has 5 aliphatic heterocycles. The number of aromatic nitrogens is 1. The fraction of sp³-hybridized carbons (Fsp3) is 0.587. The van der Waals surface area contributed by atoms with Crippen LogP contribution in [0.15, 0.2) is 42.5 Å². The van der Waals surface area contributed by atoms with Crippen LogP contribution in [0.5, 0.6) is 5.75 Å². The Bertz CT molecular complexity index is 2350. The quantitative estimate of drug-likeness (QED) is 0.131. The van der Waals surface area contributed by atoms with Gasteiger partial charge in [0, 0.05) is 103 Å². The molecular weight excluding hydrogens is 789 g/mol. The number of anilines is 2. The molecular formula is C46H57F2N5O8. The van der Waals surface area contributed by atoms with Crippen LogP contribution in [0, 0.1) is 17.3 Å². The van der Waals surface area contributed by atoms with E-state index in [0.717, 1.165) is 29.0 Å². The maximum atomic E-state index is 15.4. The van der Waals surface area contributed by atoms with Crippen LogP contribution >= 0.6 is 0 Å². The van der Waals surface area contributed by atoms with E-state index in [1.165, 1.54) is 28.3 Å². The number of H-pyrrole nitrogens is 1. The van der Waals surface area contributed by atoms with Crippen molar-refractivity contribution in [1.29, 1.82) is 0 Å². The standard InChI is InChI=1S/C46H57F2N5O8/c1-8-43-13-9-15-53-17-14-44(37(43)53)31-20-32(35(58-5)21-34(31)51(4)38(44)46(57,41(56)60-7)39(43)61-25(2)54)45(40(55)59-6)22-26-18-27(42(3,47)48)24-52(23-26)16-12-29-30-19-28(49)10-11-33(30)50-36(29)45/h9-11,13,19-21,26-27,37-39,50,57H,8,12,14-18,22-24,49H2,1-7H3/t26?,27?,37?,38?,39-,43-,44?,45-,46+/m0/s1. The molecule has 9 rings (SSSR count). The Kier molecular flexibility index (Phi) is 9.65. The number of aromatic amines is 1. The number of nitrogen functional groups attached to an aromatic ring is 1. The van der Waals surface area contributed by atoms with Crippen molar-refractivity contribution in [3.05, 3.63) is 64.9 Å². The van der Waals surface area contributed by atoms with E-state index >= 15 is 13.6 Å². The highest BCUT2D eigenvalue weighted by molar-refractivity contribution is 5.95. The molecule has 2 aromatic carbocycles. The second kappa shape index (κ2) is 14.1. The molecule has 4 N–H and O–H groups in total. The summed E-state index contributed by atoms with van der Waals surface area (Å²) in [5, 5.41) is 14.2. The number of aliphatic hydroxyl groups is 1. The van der Waals surface area contributed by atoms with Gasteiger partial charge in [0.2, 0.25) is 11.5 Å². The van der Waals surface area contributed by atoms with Gasteiger partial charge in [-0.3, -0.25) is 14.5 Å². The molecule has 6 aliphatic rings. The zero-order valence-corrected chi connectivity index (χ0v) is 36.0. The Morgan fingerprint density at radius 3 is 2.46 bits per heavy atom. The summed E-state index contributed by atoms with van der Waals surface area (Å²) in [6.45, 7) is 6.66. The van der Waals surface area contributed by atoms with Crippen LogP contribution in [0.4, 0.5) is 20.2 Å². The molecule has 61 heavy (non-hydrogen) atoms. The van der Waals surface area contributed by atoms with Gasteiger partial charge < -0.3 is 44.6 Å². The summed E-state index contributed by atoms with van der Waals surface area (Å²) in [6.07, 6.45) is 4.38. The van der Waals surface area contributed by atoms with Crippen molar-refractivity contribution in [3.63, 3.8) is 0 Å². The Morgan fingerprint density at radius 2 is 1.79 bits per heavy atom. The molecule has 1 aromatic heterocycles. The number of carbonyl (C=O) groups is 3. The molecule has 13 nitrogen and oxygen atoms in total. The molecule has 15 heteroatoms. The van der Waals surface area contributed by atoms with Gasteiger partial charge in [0.1, 0.15) is 11.2 Å². The number of piperidine rings is 1. The van der Waals surface area contributed by atoms with Crippen molar-refractivity contribution in [3.8, 4) is 5.75 Å². The molecule has 3 fully saturated rings. The molecule has 1 aliphatic carbocycles. The minimum absolute atomic E-state index is 0.122. The second-order valence-corrected chi connectivity index (χ2v) is 18.6. The third kappa shape index (κ3) is 5.54. The van der Waals surface area contributed by atoms with Crippen LogP contribution in [-0.4, -0.2) is 129 Å². The van der Waals surface area contributed by atoms with E-state index in [0.29, 0.717) is 73.8 Å². The maximum Gasteiger partial charge on any atom is 0.344 e. The first kappa shape index (κ1) is 41.6. The van der Waals surface area contributed by atoms with Crippen LogP contribution in [-0.2, 0) is 45.8 Å². The number of nitrogens with one attached hydrogen (secondary N) is 1. The van der Waals surface area contributed by atoms with Gasteiger partial charge in [0.15, 0.2) is 6.10 Å².